The molecule has 3 N–H and O–H groups in total. The normalized spacial score (nSPS) is 15.8. The first kappa shape index (κ1) is 22.3. The van der Waals surface area contributed by atoms with Gasteiger partial charge in [0.25, 0.3) is 5.56 Å². The molecule has 0 aliphatic carbocycles. The van der Waals surface area contributed by atoms with Crippen molar-refractivity contribution in [1.82, 2.24) is 19.8 Å². The molecule has 7 heteroatoms. The van der Waals surface area contributed by atoms with Gasteiger partial charge in [0.2, 0.25) is 0 Å². The Morgan fingerprint density at radius 3 is 2.40 bits per heavy atom. The highest BCUT2D eigenvalue weighted by molar-refractivity contribution is 5.54. The number of rotatable bonds is 11. The number of H-pyrrole nitrogens is 1. The molecule has 0 saturated carbocycles. The second-order valence-corrected chi connectivity index (χ2v) is 8.01. The summed E-state index contributed by atoms with van der Waals surface area (Å²) in [6, 6.07) is 11.0. The van der Waals surface area contributed by atoms with E-state index in [1.807, 2.05) is 30.3 Å². The topological polar surface area (TPSA) is 82.2 Å². The van der Waals surface area contributed by atoms with E-state index in [-0.39, 0.29) is 17.4 Å². The number of anilines is 2. The summed E-state index contributed by atoms with van der Waals surface area (Å²) >= 11 is 0. The van der Waals surface area contributed by atoms with Crippen LogP contribution in [0.25, 0.3) is 0 Å². The molecule has 3 rings (SSSR count). The van der Waals surface area contributed by atoms with Crippen LogP contribution in [0.3, 0.4) is 0 Å². The number of aromatic nitrogens is 2. The summed E-state index contributed by atoms with van der Waals surface area (Å²) < 4.78 is 1.41. The van der Waals surface area contributed by atoms with Crippen molar-refractivity contribution in [2.75, 3.05) is 31.5 Å². The van der Waals surface area contributed by atoms with Crippen molar-refractivity contribution in [2.24, 2.45) is 0 Å². The van der Waals surface area contributed by atoms with Gasteiger partial charge >= 0.3 is 5.69 Å². The van der Waals surface area contributed by atoms with Crippen molar-refractivity contribution >= 4 is 11.5 Å². The molecule has 0 spiro atoms. The second kappa shape index (κ2) is 11.7. The lowest BCUT2D eigenvalue weighted by molar-refractivity contribution is 0.104. The second-order valence-electron chi connectivity index (χ2n) is 8.01. The number of para-hydroxylation sites is 1. The van der Waals surface area contributed by atoms with Gasteiger partial charge in [0.05, 0.1) is 6.17 Å². The van der Waals surface area contributed by atoms with E-state index in [4.69, 9.17) is 0 Å². The van der Waals surface area contributed by atoms with Crippen LogP contribution in [0.2, 0.25) is 0 Å². The highest BCUT2D eigenvalue weighted by Gasteiger charge is 2.24. The van der Waals surface area contributed by atoms with Gasteiger partial charge in [-0.1, -0.05) is 63.6 Å². The number of aromatic amines is 1. The Morgan fingerprint density at radius 2 is 1.70 bits per heavy atom. The molecule has 1 fully saturated rings. The Balaban J connectivity index is 1.75. The molecule has 1 unspecified atom stereocenters. The van der Waals surface area contributed by atoms with Crippen molar-refractivity contribution in [3.8, 4) is 0 Å². The van der Waals surface area contributed by atoms with Crippen LogP contribution in [-0.2, 0) is 0 Å². The fourth-order valence-electron chi connectivity index (χ4n) is 4.09. The quantitative estimate of drug-likeness (QED) is 0.492. The minimum absolute atomic E-state index is 0.194. The van der Waals surface area contributed by atoms with Crippen LogP contribution in [0.5, 0.6) is 0 Å². The largest absolute Gasteiger partial charge is 0.342 e. The predicted molar refractivity (Wildman–Crippen MR) is 123 cm³/mol. The zero-order chi connectivity index (χ0) is 21.2. The van der Waals surface area contributed by atoms with E-state index in [1.54, 1.807) is 0 Å². The van der Waals surface area contributed by atoms with E-state index in [0.717, 1.165) is 51.1 Å². The van der Waals surface area contributed by atoms with Gasteiger partial charge in [-0.2, -0.15) is 0 Å². The van der Waals surface area contributed by atoms with Crippen LogP contribution in [0, 0.1) is 0 Å². The van der Waals surface area contributed by atoms with E-state index in [2.05, 4.69) is 27.4 Å². The SMILES string of the molecule is CCCCCCCCC(N1CCNCC1)n1c(=O)cc(Nc2ccccc2)[nH]c1=O. The minimum atomic E-state index is -0.351. The summed E-state index contributed by atoms with van der Waals surface area (Å²) in [5.74, 6) is 0.422. The molecule has 1 aromatic heterocycles. The molecule has 1 aromatic carbocycles. The Labute approximate surface area is 178 Å². The molecule has 7 nitrogen and oxygen atoms in total. The molecule has 1 aliphatic rings. The molecule has 1 saturated heterocycles. The third kappa shape index (κ3) is 6.31. The van der Waals surface area contributed by atoms with Gasteiger partial charge in [-0.15, -0.1) is 0 Å². The van der Waals surface area contributed by atoms with Crippen molar-refractivity contribution in [3.63, 3.8) is 0 Å². The minimum Gasteiger partial charge on any atom is -0.342 e. The molecule has 30 heavy (non-hydrogen) atoms. The smallest absolute Gasteiger partial charge is 0.331 e. The molecule has 0 bridgehead atoms. The predicted octanol–water partition coefficient (Wildman–Crippen LogP) is 3.43. The number of piperazine rings is 1. The van der Waals surface area contributed by atoms with Gasteiger partial charge in [-0.05, 0) is 18.6 Å². The third-order valence-electron chi connectivity index (χ3n) is 5.71. The summed E-state index contributed by atoms with van der Waals surface area (Å²) in [4.78, 5) is 31.0. The average molecular weight is 414 g/mol. The highest BCUT2D eigenvalue weighted by Crippen LogP contribution is 2.20. The fourth-order valence-corrected chi connectivity index (χ4v) is 4.09. The van der Waals surface area contributed by atoms with Crippen LogP contribution < -0.4 is 21.9 Å². The number of hydrogen-bond acceptors (Lipinski definition) is 5. The van der Waals surface area contributed by atoms with Crippen molar-refractivity contribution in [3.05, 3.63) is 57.2 Å². The molecule has 164 valence electrons. The van der Waals surface area contributed by atoms with Crippen LogP contribution in [0.4, 0.5) is 11.5 Å². The average Bonchev–Trinajstić information content (AvgIpc) is 2.75. The van der Waals surface area contributed by atoms with E-state index >= 15 is 0 Å². The maximum atomic E-state index is 13.0. The zero-order valence-corrected chi connectivity index (χ0v) is 18.0. The lowest BCUT2D eigenvalue weighted by Crippen LogP contribution is -2.51. The fraction of sp³-hybridized carbons (Fsp3) is 0.565. The molecule has 1 atom stereocenters. The van der Waals surface area contributed by atoms with Crippen LogP contribution >= 0.6 is 0 Å². The molecule has 2 heterocycles. The van der Waals surface area contributed by atoms with Gasteiger partial charge in [-0.3, -0.25) is 14.7 Å². The summed E-state index contributed by atoms with van der Waals surface area (Å²) in [7, 11) is 0. The Kier molecular flexibility index (Phi) is 8.71. The maximum Gasteiger partial charge on any atom is 0.331 e. The van der Waals surface area contributed by atoms with Gasteiger partial charge < -0.3 is 10.6 Å². The van der Waals surface area contributed by atoms with Crippen molar-refractivity contribution < 1.29 is 0 Å². The summed E-state index contributed by atoms with van der Waals surface area (Å²) in [5.41, 5.74) is 0.221. The Bertz CT molecular complexity index is 840. The van der Waals surface area contributed by atoms with Crippen LogP contribution in [-0.4, -0.2) is 40.6 Å². The highest BCUT2D eigenvalue weighted by atomic mass is 16.2. The monoisotopic (exact) mass is 413 g/mol. The van der Waals surface area contributed by atoms with Gasteiger partial charge in [0.15, 0.2) is 0 Å². The molecule has 0 radical (unpaired) electrons. The first-order valence-corrected chi connectivity index (χ1v) is 11.3. The van der Waals surface area contributed by atoms with Crippen molar-refractivity contribution in [1.29, 1.82) is 0 Å². The molecule has 2 aromatic rings. The number of hydrogen-bond donors (Lipinski definition) is 3. The summed E-state index contributed by atoms with van der Waals surface area (Å²) in [6.07, 6.45) is 7.77. The lowest BCUT2D eigenvalue weighted by Gasteiger charge is -2.35. The van der Waals surface area contributed by atoms with E-state index in [9.17, 15) is 9.59 Å². The van der Waals surface area contributed by atoms with Gasteiger partial charge in [-0.25, -0.2) is 9.36 Å². The maximum absolute atomic E-state index is 13.0. The van der Waals surface area contributed by atoms with E-state index < -0.39 is 0 Å². The van der Waals surface area contributed by atoms with Crippen LogP contribution in [0.1, 0.15) is 58.0 Å². The standard InChI is InChI=1S/C23H35N5O2/c1-2-3-4-5-6-10-13-21(27-16-14-24-15-17-27)28-22(29)18-20(26-23(28)30)25-19-11-8-7-9-12-19/h7-9,11-12,18,21,24-25H,2-6,10,13-17H2,1H3,(H,26,30). The molecular formula is C23H35N5O2. The van der Waals surface area contributed by atoms with E-state index in [1.165, 1.54) is 36.3 Å². The lowest BCUT2D eigenvalue weighted by atomic mass is 10.1. The summed E-state index contributed by atoms with van der Waals surface area (Å²) in [6.45, 7) is 5.67. The number of nitrogens with one attached hydrogen (secondary N) is 3. The number of nitrogens with zero attached hydrogens (tertiary/aromatic N) is 2. The molecule has 1 aliphatic heterocycles. The molecular weight excluding hydrogens is 378 g/mol. The first-order valence-electron chi connectivity index (χ1n) is 11.3. The number of unbranched alkanes of at least 4 members (excludes halogenated alkanes) is 5. The van der Waals surface area contributed by atoms with Crippen LogP contribution in [0.15, 0.2) is 46.0 Å². The Hall–Kier alpha value is -2.38. The summed E-state index contributed by atoms with van der Waals surface area (Å²) in [5, 5.41) is 6.46. The van der Waals surface area contributed by atoms with Gasteiger partial charge in [0.1, 0.15) is 5.82 Å². The van der Waals surface area contributed by atoms with Gasteiger partial charge in [0, 0.05) is 37.9 Å². The third-order valence-corrected chi connectivity index (χ3v) is 5.71. The Morgan fingerprint density at radius 1 is 1.00 bits per heavy atom. The molecule has 0 amide bonds. The zero-order valence-electron chi connectivity index (χ0n) is 18.0. The first-order chi connectivity index (χ1) is 14.7. The number of benzene rings is 1. The van der Waals surface area contributed by atoms with E-state index in [0.29, 0.717) is 5.82 Å². The van der Waals surface area contributed by atoms with Crippen molar-refractivity contribution in [2.45, 2.75) is 58.0 Å².